The fourth-order valence-electron chi connectivity index (χ4n) is 1.53. The number of nitriles is 1. The number of para-hydroxylation sites is 1. The van der Waals surface area contributed by atoms with Crippen LogP contribution in [0.25, 0.3) is 0 Å². The molecule has 0 aliphatic rings. The van der Waals surface area contributed by atoms with Gasteiger partial charge in [-0.1, -0.05) is 24.3 Å². The standard InChI is InChI=1S/C15H13N3/c16-11-13(10-15-8-4-5-9-17-15)12-18-14-6-2-1-3-7-14/h1-9,12,18H,10H2/b13-12-. The van der Waals surface area contributed by atoms with Crippen molar-refractivity contribution >= 4 is 5.69 Å². The normalized spacial score (nSPS) is 10.7. The molecule has 0 aliphatic heterocycles. The molecule has 0 saturated carbocycles. The maximum absolute atomic E-state index is 9.08. The molecule has 3 heteroatoms. The molecule has 3 nitrogen and oxygen atoms in total. The summed E-state index contributed by atoms with van der Waals surface area (Å²) in [5.74, 6) is 0. The molecule has 2 aromatic rings. The van der Waals surface area contributed by atoms with E-state index in [1.54, 1.807) is 12.4 Å². The summed E-state index contributed by atoms with van der Waals surface area (Å²) >= 11 is 0. The third-order valence-corrected chi connectivity index (χ3v) is 2.43. The highest BCUT2D eigenvalue weighted by atomic mass is 14.8. The third kappa shape index (κ3) is 3.46. The molecule has 0 unspecified atom stereocenters. The Morgan fingerprint density at radius 1 is 1.17 bits per heavy atom. The monoisotopic (exact) mass is 235 g/mol. The van der Waals surface area contributed by atoms with E-state index in [2.05, 4.69) is 16.4 Å². The van der Waals surface area contributed by atoms with Crippen molar-refractivity contribution in [3.63, 3.8) is 0 Å². The molecule has 1 heterocycles. The van der Waals surface area contributed by atoms with Crippen molar-refractivity contribution in [2.45, 2.75) is 6.42 Å². The number of nitrogens with one attached hydrogen (secondary N) is 1. The lowest BCUT2D eigenvalue weighted by atomic mass is 10.1. The number of anilines is 1. The van der Waals surface area contributed by atoms with Gasteiger partial charge in [0, 0.05) is 30.2 Å². The summed E-state index contributed by atoms with van der Waals surface area (Å²) in [5.41, 5.74) is 2.50. The zero-order valence-electron chi connectivity index (χ0n) is 9.88. The second kappa shape index (κ2) is 6.21. The molecule has 0 spiro atoms. The minimum Gasteiger partial charge on any atom is -0.361 e. The maximum atomic E-state index is 9.08. The van der Waals surface area contributed by atoms with Gasteiger partial charge in [-0.25, -0.2) is 0 Å². The predicted octanol–water partition coefficient (Wildman–Crippen LogP) is 3.14. The molecule has 1 aromatic carbocycles. The Morgan fingerprint density at radius 3 is 2.61 bits per heavy atom. The van der Waals surface area contributed by atoms with Crippen LogP contribution in [0.1, 0.15) is 5.69 Å². The fourth-order valence-corrected chi connectivity index (χ4v) is 1.53. The quantitative estimate of drug-likeness (QED) is 0.828. The van der Waals surface area contributed by atoms with Gasteiger partial charge in [-0.3, -0.25) is 4.98 Å². The molecule has 0 amide bonds. The highest BCUT2D eigenvalue weighted by Gasteiger charge is 1.99. The summed E-state index contributed by atoms with van der Waals surface area (Å²) in [5, 5.41) is 12.2. The SMILES string of the molecule is N#C/C(=C\Nc1ccccc1)Cc1ccccn1. The number of nitrogens with zero attached hydrogens (tertiary/aromatic N) is 2. The van der Waals surface area contributed by atoms with Gasteiger partial charge in [0.1, 0.15) is 0 Å². The molecule has 1 N–H and O–H groups in total. The van der Waals surface area contributed by atoms with Gasteiger partial charge >= 0.3 is 0 Å². The van der Waals surface area contributed by atoms with E-state index in [9.17, 15) is 0 Å². The van der Waals surface area contributed by atoms with Crippen molar-refractivity contribution in [2.75, 3.05) is 5.32 Å². The van der Waals surface area contributed by atoms with E-state index in [0.29, 0.717) is 12.0 Å². The van der Waals surface area contributed by atoms with Crippen molar-refractivity contribution in [2.24, 2.45) is 0 Å². The number of hydrogen-bond acceptors (Lipinski definition) is 3. The van der Waals surface area contributed by atoms with Gasteiger partial charge in [-0.15, -0.1) is 0 Å². The highest BCUT2D eigenvalue weighted by molar-refractivity contribution is 5.46. The number of pyridine rings is 1. The largest absolute Gasteiger partial charge is 0.361 e. The molecule has 0 saturated heterocycles. The summed E-state index contributed by atoms with van der Waals surface area (Å²) in [6.07, 6.45) is 4.00. The lowest BCUT2D eigenvalue weighted by Gasteiger charge is -2.02. The van der Waals surface area contributed by atoms with Gasteiger partial charge in [-0.2, -0.15) is 5.26 Å². The zero-order valence-corrected chi connectivity index (χ0v) is 9.88. The van der Waals surface area contributed by atoms with Crippen LogP contribution in [0.4, 0.5) is 5.69 Å². The van der Waals surface area contributed by atoms with Crippen LogP contribution >= 0.6 is 0 Å². The molecule has 0 bridgehead atoms. The Morgan fingerprint density at radius 2 is 1.94 bits per heavy atom. The predicted molar refractivity (Wildman–Crippen MR) is 71.7 cm³/mol. The van der Waals surface area contributed by atoms with Gasteiger partial charge in [0.2, 0.25) is 0 Å². The second-order valence-electron chi connectivity index (χ2n) is 3.79. The van der Waals surface area contributed by atoms with Gasteiger partial charge in [0.15, 0.2) is 0 Å². The molecular formula is C15H13N3. The van der Waals surface area contributed by atoms with Crippen molar-refractivity contribution in [1.82, 2.24) is 4.98 Å². The van der Waals surface area contributed by atoms with E-state index in [1.165, 1.54) is 0 Å². The Hall–Kier alpha value is -2.60. The lowest BCUT2D eigenvalue weighted by molar-refractivity contribution is 1.07. The van der Waals surface area contributed by atoms with Crippen molar-refractivity contribution in [3.8, 4) is 6.07 Å². The topological polar surface area (TPSA) is 48.7 Å². The van der Waals surface area contributed by atoms with E-state index >= 15 is 0 Å². The fraction of sp³-hybridized carbons (Fsp3) is 0.0667. The summed E-state index contributed by atoms with van der Waals surface area (Å²) in [6, 6.07) is 17.6. The zero-order chi connectivity index (χ0) is 12.6. The number of hydrogen-bond donors (Lipinski definition) is 1. The van der Waals surface area contributed by atoms with Crippen molar-refractivity contribution < 1.29 is 0 Å². The molecule has 88 valence electrons. The molecule has 0 fully saturated rings. The summed E-state index contributed by atoms with van der Waals surface area (Å²) < 4.78 is 0. The van der Waals surface area contributed by atoms with Gasteiger partial charge in [0.25, 0.3) is 0 Å². The molecule has 2 rings (SSSR count). The molecule has 1 aromatic heterocycles. The molecule has 0 radical (unpaired) electrons. The van der Waals surface area contributed by atoms with Gasteiger partial charge in [0.05, 0.1) is 11.6 Å². The van der Waals surface area contributed by atoms with Crippen LogP contribution < -0.4 is 5.32 Å². The number of allylic oxidation sites excluding steroid dienone is 1. The van der Waals surface area contributed by atoms with E-state index < -0.39 is 0 Å². The number of aromatic nitrogens is 1. The first-order valence-electron chi connectivity index (χ1n) is 5.69. The van der Waals surface area contributed by atoms with Crippen LogP contribution in [0.5, 0.6) is 0 Å². The molecular weight excluding hydrogens is 222 g/mol. The van der Waals surface area contributed by atoms with E-state index in [1.807, 2.05) is 48.5 Å². The van der Waals surface area contributed by atoms with Gasteiger partial charge < -0.3 is 5.32 Å². The summed E-state index contributed by atoms with van der Waals surface area (Å²) in [7, 11) is 0. The Balaban J connectivity index is 2.04. The smallest absolute Gasteiger partial charge is 0.0966 e. The minimum absolute atomic E-state index is 0.539. The second-order valence-corrected chi connectivity index (χ2v) is 3.79. The minimum atomic E-state index is 0.539. The first-order chi connectivity index (χ1) is 8.88. The van der Waals surface area contributed by atoms with Crippen LogP contribution in [0.3, 0.4) is 0 Å². The van der Waals surface area contributed by atoms with Crippen LogP contribution in [0, 0.1) is 11.3 Å². The first-order valence-corrected chi connectivity index (χ1v) is 5.69. The summed E-state index contributed by atoms with van der Waals surface area (Å²) in [6.45, 7) is 0. The van der Waals surface area contributed by atoms with Crippen molar-refractivity contribution in [1.29, 1.82) is 5.26 Å². The average molecular weight is 235 g/mol. The third-order valence-electron chi connectivity index (χ3n) is 2.43. The highest BCUT2D eigenvalue weighted by Crippen LogP contribution is 2.08. The molecule has 18 heavy (non-hydrogen) atoms. The van der Waals surface area contributed by atoms with Crippen LogP contribution in [-0.2, 0) is 6.42 Å². The Labute approximate surface area is 106 Å². The maximum Gasteiger partial charge on any atom is 0.0966 e. The Bertz CT molecular complexity index is 553. The number of benzene rings is 1. The lowest BCUT2D eigenvalue weighted by Crippen LogP contribution is -1.95. The van der Waals surface area contributed by atoms with E-state index in [0.717, 1.165) is 11.4 Å². The van der Waals surface area contributed by atoms with Crippen LogP contribution in [0.2, 0.25) is 0 Å². The Kier molecular flexibility index (Phi) is 4.10. The summed E-state index contributed by atoms with van der Waals surface area (Å²) in [4.78, 5) is 4.20. The van der Waals surface area contributed by atoms with Crippen LogP contribution in [0.15, 0.2) is 66.5 Å². The van der Waals surface area contributed by atoms with E-state index in [4.69, 9.17) is 5.26 Å². The van der Waals surface area contributed by atoms with Crippen LogP contribution in [-0.4, -0.2) is 4.98 Å². The van der Waals surface area contributed by atoms with Gasteiger partial charge in [-0.05, 0) is 24.3 Å². The number of rotatable bonds is 4. The van der Waals surface area contributed by atoms with Crippen molar-refractivity contribution in [3.05, 3.63) is 72.2 Å². The molecule has 0 aliphatic carbocycles. The first kappa shape index (κ1) is 11.9. The van der Waals surface area contributed by atoms with E-state index in [-0.39, 0.29) is 0 Å². The average Bonchev–Trinajstić information content (AvgIpc) is 2.45. The molecule has 0 atom stereocenters.